The van der Waals surface area contributed by atoms with E-state index in [9.17, 15) is 24.6 Å². The summed E-state index contributed by atoms with van der Waals surface area (Å²) in [6.07, 6.45) is -0.481. The molecule has 0 fully saturated rings. The second-order valence-electron chi connectivity index (χ2n) is 10.8. The number of aromatic nitrogens is 1. The predicted molar refractivity (Wildman–Crippen MR) is 167 cm³/mol. The van der Waals surface area contributed by atoms with E-state index in [-0.39, 0.29) is 41.4 Å². The molecule has 0 radical (unpaired) electrons. The molecule has 43 heavy (non-hydrogen) atoms. The lowest BCUT2D eigenvalue weighted by molar-refractivity contribution is -0.137. The van der Waals surface area contributed by atoms with Gasteiger partial charge in [-0.2, -0.15) is 0 Å². The quantitative estimate of drug-likeness (QED) is 0.131. The molecule has 0 bridgehead atoms. The molecule has 1 aliphatic heterocycles. The molecular formula is C30H33N3O8S2. The summed E-state index contributed by atoms with van der Waals surface area (Å²) >= 11 is 2.67. The minimum atomic E-state index is -0.970. The Hall–Kier alpha value is -4.10. The van der Waals surface area contributed by atoms with Crippen molar-refractivity contribution in [3.8, 4) is 17.2 Å². The summed E-state index contributed by atoms with van der Waals surface area (Å²) < 4.78 is 11.2. The zero-order valence-electron chi connectivity index (χ0n) is 24.3. The van der Waals surface area contributed by atoms with Crippen LogP contribution in [-0.4, -0.2) is 80.3 Å². The average Bonchev–Trinajstić information content (AvgIpc) is 3.60. The van der Waals surface area contributed by atoms with Crippen LogP contribution in [0.1, 0.15) is 42.8 Å². The minimum absolute atomic E-state index is 0.0229. The standard InChI is InChI=1S/C30H33N3O8S2/c1-15-16(2)25(36)23(17(3)24(15)35)30(4,5)13-22(34)33(6)10-7-11-40-29(39)41-18-8-9-19-21(12-18)43-27(31-19)26-32-20(14-42-26)28(37)38/h8-9,12,20,35-36H,2-3,7,10-11,13-14H2,1,4-6H3,(H,37,38)/t20-/m1/s1. The Morgan fingerprint density at radius 2 is 1.88 bits per heavy atom. The average molecular weight is 628 g/mol. The molecule has 0 aliphatic carbocycles. The first-order valence-corrected chi connectivity index (χ1v) is 15.2. The predicted octanol–water partition coefficient (Wildman–Crippen LogP) is 3.51. The number of carboxylic acid groups (broad SMARTS) is 1. The van der Waals surface area contributed by atoms with E-state index in [2.05, 4.69) is 23.1 Å². The first-order valence-electron chi connectivity index (χ1n) is 13.4. The summed E-state index contributed by atoms with van der Waals surface area (Å²) in [6, 6.07) is 4.16. The third-order valence-corrected chi connectivity index (χ3v) is 9.36. The Kier molecular flexibility index (Phi) is 9.35. The number of nitrogens with zero attached hydrogens (tertiary/aromatic N) is 3. The number of phenolic OH excluding ortho intramolecular Hbond substituents is 2. The van der Waals surface area contributed by atoms with Crippen molar-refractivity contribution in [3.63, 3.8) is 0 Å². The van der Waals surface area contributed by atoms with Crippen LogP contribution in [-0.2, 0) is 19.7 Å². The highest BCUT2D eigenvalue weighted by molar-refractivity contribution is 8.15. The van der Waals surface area contributed by atoms with Gasteiger partial charge >= 0.3 is 12.1 Å². The molecule has 3 N–H and O–H groups in total. The van der Waals surface area contributed by atoms with Crippen LogP contribution in [0.3, 0.4) is 0 Å². The van der Waals surface area contributed by atoms with E-state index in [1.807, 2.05) is 0 Å². The SMILES string of the molecule is C=c1c(C)c(O)c(=C)c(C(C)(C)CC(=O)N(C)CCCOC(=O)Oc2ccc3nc(C4=N[C@@H](C(=O)O)CS4)sc3c2)c1O. The number of amides is 1. The summed E-state index contributed by atoms with van der Waals surface area (Å²) in [5, 5.41) is 32.0. The van der Waals surface area contributed by atoms with Crippen LogP contribution in [0.4, 0.5) is 4.79 Å². The number of phenols is 2. The molecule has 3 aromatic rings. The normalized spacial score (nSPS) is 14.9. The van der Waals surface area contributed by atoms with Crippen molar-refractivity contribution in [1.29, 1.82) is 0 Å². The van der Waals surface area contributed by atoms with Gasteiger partial charge in [-0.15, -0.1) is 23.1 Å². The molecule has 1 aromatic heterocycles. The van der Waals surface area contributed by atoms with Crippen molar-refractivity contribution >= 4 is 69.5 Å². The van der Waals surface area contributed by atoms with Crippen molar-refractivity contribution in [1.82, 2.24) is 9.88 Å². The Morgan fingerprint density at radius 1 is 1.16 bits per heavy atom. The van der Waals surface area contributed by atoms with Crippen molar-refractivity contribution in [2.75, 3.05) is 26.0 Å². The Bertz CT molecular complexity index is 1730. The molecule has 11 nitrogen and oxygen atoms in total. The van der Waals surface area contributed by atoms with E-state index in [1.54, 1.807) is 46.0 Å². The van der Waals surface area contributed by atoms with Crippen LogP contribution in [0.15, 0.2) is 23.2 Å². The first kappa shape index (κ1) is 31.8. The van der Waals surface area contributed by atoms with Crippen LogP contribution >= 0.6 is 23.1 Å². The van der Waals surface area contributed by atoms with E-state index in [1.165, 1.54) is 28.0 Å². The molecule has 228 valence electrons. The second kappa shape index (κ2) is 12.6. The number of fused-ring (bicyclic) bond motifs is 1. The number of thiazole rings is 1. The van der Waals surface area contributed by atoms with Gasteiger partial charge in [0.2, 0.25) is 5.91 Å². The number of aromatic hydroxyl groups is 2. The molecule has 1 amide bonds. The summed E-state index contributed by atoms with van der Waals surface area (Å²) in [5.41, 5.74) is 0.646. The van der Waals surface area contributed by atoms with Gasteiger partial charge < -0.3 is 29.7 Å². The first-order chi connectivity index (χ1) is 20.2. The fourth-order valence-electron chi connectivity index (χ4n) is 4.67. The third-order valence-electron chi connectivity index (χ3n) is 7.15. The lowest BCUT2D eigenvalue weighted by atomic mass is 9.78. The highest BCUT2D eigenvalue weighted by atomic mass is 32.2. The molecule has 1 atom stereocenters. The van der Waals surface area contributed by atoms with Gasteiger partial charge in [-0.1, -0.05) is 27.0 Å². The zero-order valence-corrected chi connectivity index (χ0v) is 25.9. The van der Waals surface area contributed by atoms with E-state index in [0.717, 1.165) is 4.70 Å². The van der Waals surface area contributed by atoms with Crippen molar-refractivity contribution < 1.29 is 39.2 Å². The molecule has 0 saturated carbocycles. The van der Waals surface area contributed by atoms with Gasteiger partial charge in [0.1, 0.15) is 27.3 Å². The third kappa shape index (κ3) is 6.94. The van der Waals surface area contributed by atoms with Crippen LogP contribution < -0.4 is 15.2 Å². The van der Waals surface area contributed by atoms with Gasteiger partial charge in [0, 0.05) is 58.8 Å². The maximum Gasteiger partial charge on any atom is 0.513 e. The second-order valence-corrected chi connectivity index (χ2v) is 12.9. The minimum Gasteiger partial charge on any atom is -0.507 e. The van der Waals surface area contributed by atoms with Crippen LogP contribution in [0, 0.1) is 6.92 Å². The van der Waals surface area contributed by atoms with Crippen LogP contribution in [0.5, 0.6) is 17.2 Å². The fraction of sp³-hybridized carbons (Fsp3) is 0.367. The van der Waals surface area contributed by atoms with Crippen molar-refractivity contribution in [2.45, 2.75) is 45.1 Å². The Balaban J connectivity index is 1.27. The highest BCUT2D eigenvalue weighted by Crippen LogP contribution is 2.33. The number of carbonyl (C=O) groups excluding carboxylic acids is 2. The Labute approximate surface area is 256 Å². The molecule has 2 heterocycles. The monoisotopic (exact) mass is 627 g/mol. The summed E-state index contributed by atoms with van der Waals surface area (Å²) in [7, 11) is 1.64. The van der Waals surface area contributed by atoms with Crippen molar-refractivity contribution in [2.24, 2.45) is 4.99 Å². The van der Waals surface area contributed by atoms with Gasteiger partial charge in [0.25, 0.3) is 0 Å². The number of carbonyl (C=O) groups is 3. The fourth-order valence-corrected chi connectivity index (χ4v) is 6.77. The molecular weight excluding hydrogens is 594 g/mol. The summed E-state index contributed by atoms with van der Waals surface area (Å²) in [5.74, 6) is -0.676. The molecule has 0 unspecified atom stereocenters. The molecule has 1 aliphatic rings. The van der Waals surface area contributed by atoms with E-state index in [4.69, 9.17) is 14.6 Å². The highest BCUT2D eigenvalue weighted by Gasteiger charge is 2.31. The van der Waals surface area contributed by atoms with Gasteiger partial charge in [-0.3, -0.25) is 9.79 Å². The maximum absolute atomic E-state index is 13.0. The number of hydrogen-bond acceptors (Lipinski definition) is 11. The Morgan fingerprint density at radius 3 is 2.56 bits per heavy atom. The van der Waals surface area contributed by atoms with Gasteiger partial charge in [-0.25, -0.2) is 14.6 Å². The number of aliphatic carboxylic acids is 1. The zero-order chi connectivity index (χ0) is 31.6. The van der Waals surface area contributed by atoms with Gasteiger partial charge in [0.05, 0.1) is 16.8 Å². The number of thioether (sulfide) groups is 1. The number of carboxylic acids is 1. The van der Waals surface area contributed by atoms with E-state index in [0.29, 0.717) is 50.6 Å². The van der Waals surface area contributed by atoms with Gasteiger partial charge in [0.15, 0.2) is 6.04 Å². The molecule has 13 heteroatoms. The number of benzene rings is 2. The maximum atomic E-state index is 13.0. The topological polar surface area (TPSA) is 159 Å². The summed E-state index contributed by atoms with van der Waals surface area (Å²) in [6.45, 7) is 13.3. The number of aliphatic imine (C=N–C) groups is 1. The molecule has 0 spiro atoms. The van der Waals surface area contributed by atoms with Crippen molar-refractivity contribution in [3.05, 3.63) is 44.8 Å². The van der Waals surface area contributed by atoms with E-state index < -0.39 is 23.6 Å². The number of hydrogen-bond donors (Lipinski definition) is 3. The van der Waals surface area contributed by atoms with Crippen LogP contribution in [0.25, 0.3) is 23.4 Å². The lowest BCUT2D eigenvalue weighted by Crippen LogP contribution is -2.37. The summed E-state index contributed by atoms with van der Waals surface area (Å²) in [4.78, 5) is 46.6. The molecule has 4 rings (SSSR count). The van der Waals surface area contributed by atoms with Gasteiger partial charge in [-0.05, 0) is 25.5 Å². The largest absolute Gasteiger partial charge is 0.513 e. The van der Waals surface area contributed by atoms with E-state index >= 15 is 0 Å². The molecule has 2 aromatic carbocycles. The lowest BCUT2D eigenvalue weighted by Gasteiger charge is -2.29. The molecule has 0 saturated heterocycles. The van der Waals surface area contributed by atoms with Crippen LogP contribution in [0.2, 0.25) is 0 Å². The smallest absolute Gasteiger partial charge is 0.507 e. The number of rotatable bonds is 10. The number of ether oxygens (including phenoxy) is 2.